The Morgan fingerprint density at radius 2 is 2.05 bits per heavy atom. The largest absolute Gasteiger partial charge is 0.348 e. The third-order valence-electron chi connectivity index (χ3n) is 5.90. The maximum atomic E-state index is 12.6. The normalized spacial score (nSPS) is 34.5. The van der Waals surface area contributed by atoms with Crippen LogP contribution in [0, 0.1) is 30.6 Å². The van der Waals surface area contributed by atoms with Crippen molar-refractivity contribution in [3.8, 4) is 0 Å². The molecule has 0 aromatic carbocycles. The summed E-state index contributed by atoms with van der Waals surface area (Å²) in [6.45, 7) is 10.7. The van der Waals surface area contributed by atoms with Crippen molar-refractivity contribution in [2.45, 2.75) is 59.9 Å². The second-order valence-corrected chi connectivity index (χ2v) is 7.63. The number of hydrogen-bond acceptors (Lipinski definition) is 2. The molecule has 2 N–H and O–H groups in total. The zero-order valence-electron chi connectivity index (χ0n) is 13.1. The van der Waals surface area contributed by atoms with Gasteiger partial charge in [-0.3, -0.25) is 9.89 Å². The van der Waals surface area contributed by atoms with E-state index in [-0.39, 0.29) is 22.8 Å². The molecule has 0 saturated heterocycles. The van der Waals surface area contributed by atoms with Gasteiger partial charge in [0.2, 0.25) is 0 Å². The Hall–Kier alpha value is -1.32. The van der Waals surface area contributed by atoms with Gasteiger partial charge in [-0.05, 0) is 49.9 Å². The molecule has 4 heteroatoms. The molecule has 0 spiro atoms. The van der Waals surface area contributed by atoms with Gasteiger partial charge in [-0.25, -0.2) is 0 Å². The minimum atomic E-state index is 0.0283. The SMILES string of the molecule is Cc1n[nH]c(C)c1C(=O)NC1C2(C)CCC(C2)C1(C)C. The summed E-state index contributed by atoms with van der Waals surface area (Å²) in [4.78, 5) is 12.6. The monoisotopic (exact) mass is 275 g/mol. The second-order valence-electron chi connectivity index (χ2n) is 7.63. The molecule has 3 unspecified atom stereocenters. The Bertz CT molecular complexity index is 536. The first-order valence-corrected chi connectivity index (χ1v) is 7.58. The zero-order valence-corrected chi connectivity index (χ0v) is 13.1. The van der Waals surface area contributed by atoms with Gasteiger partial charge >= 0.3 is 0 Å². The lowest BCUT2D eigenvalue weighted by Gasteiger charge is -2.43. The molecular formula is C16H25N3O. The van der Waals surface area contributed by atoms with Crippen LogP contribution >= 0.6 is 0 Å². The first kappa shape index (κ1) is 13.7. The van der Waals surface area contributed by atoms with E-state index in [9.17, 15) is 4.79 Å². The molecule has 1 aromatic rings. The number of nitrogens with one attached hydrogen (secondary N) is 2. The van der Waals surface area contributed by atoms with Crippen molar-refractivity contribution < 1.29 is 4.79 Å². The number of hydrogen-bond donors (Lipinski definition) is 2. The quantitative estimate of drug-likeness (QED) is 0.871. The van der Waals surface area contributed by atoms with E-state index in [1.165, 1.54) is 19.3 Å². The highest BCUT2D eigenvalue weighted by atomic mass is 16.1. The zero-order chi connectivity index (χ0) is 14.7. The summed E-state index contributed by atoms with van der Waals surface area (Å²) >= 11 is 0. The van der Waals surface area contributed by atoms with Gasteiger partial charge in [0, 0.05) is 11.7 Å². The number of H-pyrrole nitrogens is 1. The number of nitrogens with zero attached hydrogens (tertiary/aromatic N) is 1. The molecular weight excluding hydrogens is 250 g/mol. The van der Waals surface area contributed by atoms with E-state index >= 15 is 0 Å². The minimum Gasteiger partial charge on any atom is -0.348 e. The van der Waals surface area contributed by atoms with Gasteiger partial charge in [-0.1, -0.05) is 20.8 Å². The molecule has 3 rings (SSSR count). The lowest BCUT2D eigenvalue weighted by atomic mass is 9.68. The summed E-state index contributed by atoms with van der Waals surface area (Å²) in [5.41, 5.74) is 2.80. The Balaban J connectivity index is 1.86. The van der Waals surface area contributed by atoms with Crippen molar-refractivity contribution in [3.05, 3.63) is 17.0 Å². The molecule has 2 fully saturated rings. The van der Waals surface area contributed by atoms with E-state index in [1.807, 2.05) is 13.8 Å². The van der Waals surface area contributed by atoms with Crippen LogP contribution < -0.4 is 5.32 Å². The maximum Gasteiger partial charge on any atom is 0.255 e. The first-order valence-electron chi connectivity index (χ1n) is 7.58. The van der Waals surface area contributed by atoms with Crippen molar-refractivity contribution in [3.63, 3.8) is 0 Å². The van der Waals surface area contributed by atoms with Crippen molar-refractivity contribution in [2.24, 2.45) is 16.7 Å². The number of amides is 1. The maximum absolute atomic E-state index is 12.6. The molecule has 4 nitrogen and oxygen atoms in total. The predicted molar refractivity (Wildman–Crippen MR) is 78.5 cm³/mol. The van der Waals surface area contributed by atoms with Crippen molar-refractivity contribution in [1.82, 2.24) is 15.5 Å². The van der Waals surface area contributed by atoms with Gasteiger partial charge < -0.3 is 5.32 Å². The van der Waals surface area contributed by atoms with E-state index in [0.29, 0.717) is 5.56 Å². The molecule has 0 radical (unpaired) electrons. The molecule has 2 aliphatic carbocycles. The standard InChI is InChI=1S/C16H25N3O/c1-9-12(10(2)19-18-9)13(20)17-14-15(3,4)11-6-7-16(14,5)8-11/h11,14H,6-8H2,1-5H3,(H,17,20)(H,18,19). The van der Waals surface area contributed by atoms with Crippen molar-refractivity contribution in [2.75, 3.05) is 0 Å². The third kappa shape index (κ3) is 1.73. The Morgan fingerprint density at radius 3 is 2.55 bits per heavy atom. The molecule has 20 heavy (non-hydrogen) atoms. The average molecular weight is 275 g/mol. The van der Waals surface area contributed by atoms with E-state index in [4.69, 9.17) is 0 Å². The summed E-state index contributed by atoms with van der Waals surface area (Å²) in [6.07, 6.45) is 3.78. The summed E-state index contributed by atoms with van der Waals surface area (Å²) in [5, 5.41) is 10.3. The van der Waals surface area contributed by atoms with Gasteiger partial charge in [0.25, 0.3) is 5.91 Å². The lowest BCUT2D eigenvalue weighted by Crippen LogP contribution is -2.52. The highest BCUT2D eigenvalue weighted by molar-refractivity contribution is 5.96. The number of aromatic amines is 1. The molecule has 1 aromatic heterocycles. The van der Waals surface area contributed by atoms with Gasteiger partial charge in [-0.15, -0.1) is 0 Å². The Labute approximate surface area is 120 Å². The van der Waals surface area contributed by atoms with Crippen molar-refractivity contribution >= 4 is 5.91 Å². The summed E-state index contributed by atoms with van der Waals surface area (Å²) in [5.74, 6) is 0.768. The molecule has 2 aliphatic rings. The summed E-state index contributed by atoms with van der Waals surface area (Å²) < 4.78 is 0. The van der Waals surface area contributed by atoms with Crippen LogP contribution in [0.15, 0.2) is 0 Å². The van der Waals surface area contributed by atoms with Crippen LogP contribution in [0.4, 0.5) is 0 Å². The highest BCUT2D eigenvalue weighted by Crippen LogP contribution is 2.62. The van der Waals surface area contributed by atoms with Gasteiger partial charge in [0.05, 0.1) is 11.3 Å². The van der Waals surface area contributed by atoms with Crippen molar-refractivity contribution in [1.29, 1.82) is 0 Å². The Kier molecular flexibility index (Phi) is 2.79. The smallest absolute Gasteiger partial charge is 0.255 e. The van der Waals surface area contributed by atoms with Crippen LogP contribution in [0.3, 0.4) is 0 Å². The number of carbonyl (C=O) groups excluding carboxylic acids is 1. The lowest BCUT2D eigenvalue weighted by molar-refractivity contribution is 0.0736. The van der Waals surface area contributed by atoms with Crippen LogP contribution in [0.2, 0.25) is 0 Å². The van der Waals surface area contributed by atoms with Crippen LogP contribution in [0.25, 0.3) is 0 Å². The van der Waals surface area contributed by atoms with Gasteiger partial charge in [0.15, 0.2) is 0 Å². The summed E-state index contributed by atoms with van der Waals surface area (Å²) in [7, 11) is 0. The van der Waals surface area contributed by atoms with E-state index in [0.717, 1.165) is 17.3 Å². The molecule has 1 heterocycles. The third-order valence-corrected chi connectivity index (χ3v) is 5.90. The number of rotatable bonds is 2. The predicted octanol–water partition coefficient (Wildman–Crippen LogP) is 2.97. The number of aromatic nitrogens is 2. The topological polar surface area (TPSA) is 57.8 Å². The first-order chi connectivity index (χ1) is 9.25. The van der Waals surface area contributed by atoms with Crippen LogP contribution in [0.1, 0.15) is 61.8 Å². The highest BCUT2D eigenvalue weighted by Gasteiger charge is 2.59. The number of aryl methyl sites for hydroxylation is 2. The molecule has 2 saturated carbocycles. The van der Waals surface area contributed by atoms with E-state index < -0.39 is 0 Å². The number of carbonyl (C=O) groups is 1. The fraction of sp³-hybridized carbons (Fsp3) is 0.750. The van der Waals surface area contributed by atoms with Crippen LogP contribution in [0.5, 0.6) is 0 Å². The number of fused-ring (bicyclic) bond motifs is 2. The summed E-state index contributed by atoms with van der Waals surface area (Å²) in [6, 6.07) is 0.259. The fourth-order valence-electron chi connectivity index (χ4n) is 4.75. The fourth-order valence-corrected chi connectivity index (χ4v) is 4.75. The van der Waals surface area contributed by atoms with E-state index in [1.54, 1.807) is 0 Å². The molecule has 2 bridgehead atoms. The Morgan fingerprint density at radius 1 is 1.35 bits per heavy atom. The van der Waals surface area contributed by atoms with Gasteiger partial charge in [0.1, 0.15) is 0 Å². The second kappa shape index (κ2) is 4.09. The average Bonchev–Trinajstić information content (AvgIpc) is 2.95. The minimum absolute atomic E-state index is 0.0283. The van der Waals surface area contributed by atoms with Crippen LogP contribution in [-0.4, -0.2) is 22.1 Å². The molecule has 110 valence electrons. The van der Waals surface area contributed by atoms with Crippen LogP contribution in [-0.2, 0) is 0 Å². The molecule has 3 atom stereocenters. The van der Waals surface area contributed by atoms with Gasteiger partial charge in [-0.2, -0.15) is 5.10 Å². The van der Waals surface area contributed by atoms with E-state index in [2.05, 4.69) is 36.3 Å². The molecule has 0 aliphatic heterocycles. The molecule has 1 amide bonds.